The molecule has 2 aromatic heterocycles. The van der Waals surface area contributed by atoms with Crippen LogP contribution in [0.3, 0.4) is 0 Å². The molecule has 5 nitrogen and oxygen atoms in total. The first-order valence-corrected chi connectivity index (χ1v) is 9.03. The maximum atomic E-state index is 13.3. The SMILES string of the molecule is O=C(CC1(n2cccc2)CCOCC1)Nc1nc2ccc(F)cc2s1. The van der Waals surface area contributed by atoms with E-state index in [1.54, 1.807) is 6.07 Å². The Kier molecular flexibility index (Phi) is 4.27. The molecule has 1 saturated heterocycles. The number of hydrogen-bond donors (Lipinski definition) is 1. The highest BCUT2D eigenvalue weighted by Gasteiger charge is 2.36. The van der Waals surface area contributed by atoms with Gasteiger partial charge in [0.15, 0.2) is 5.13 Å². The van der Waals surface area contributed by atoms with E-state index < -0.39 is 0 Å². The van der Waals surface area contributed by atoms with Crippen LogP contribution in [0, 0.1) is 5.82 Å². The van der Waals surface area contributed by atoms with Crippen molar-refractivity contribution < 1.29 is 13.9 Å². The minimum absolute atomic E-state index is 0.0878. The lowest BCUT2D eigenvalue weighted by molar-refractivity contribution is -0.119. The highest BCUT2D eigenvalue weighted by atomic mass is 32.1. The third-order valence-electron chi connectivity index (χ3n) is 4.66. The summed E-state index contributed by atoms with van der Waals surface area (Å²) in [7, 11) is 0. The second kappa shape index (κ2) is 6.57. The van der Waals surface area contributed by atoms with Crippen LogP contribution in [0.25, 0.3) is 10.2 Å². The first-order chi connectivity index (χ1) is 12.1. The molecule has 0 aliphatic carbocycles. The van der Waals surface area contributed by atoms with Crippen LogP contribution in [-0.2, 0) is 15.1 Å². The molecule has 1 aliphatic heterocycles. The molecule has 3 aromatic rings. The molecule has 3 heterocycles. The minimum Gasteiger partial charge on any atom is -0.381 e. The summed E-state index contributed by atoms with van der Waals surface area (Å²) in [4.78, 5) is 17.0. The van der Waals surface area contributed by atoms with Gasteiger partial charge >= 0.3 is 0 Å². The second-order valence-corrected chi connectivity index (χ2v) is 7.31. The fraction of sp³-hybridized carbons (Fsp3) is 0.333. The molecule has 0 spiro atoms. The standard InChI is InChI=1S/C18H18FN3O2S/c19-13-3-4-14-15(11-13)25-17(20-14)21-16(23)12-18(5-9-24-10-6-18)22-7-1-2-8-22/h1-4,7-8,11H,5-6,9-10,12H2,(H,20,21,23). The Labute approximate surface area is 148 Å². The highest BCUT2D eigenvalue weighted by Crippen LogP contribution is 2.34. The molecule has 4 rings (SSSR count). The summed E-state index contributed by atoms with van der Waals surface area (Å²) in [6.07, 6.45) is 5.94. The molecule has 0 radical (unpaired) electrons. The number of anilines is 1. The van der Waals surface area contributed by atoms with Gasteiger partial charge in [0.25, 0.3) is 0 Å². The van der Waals surface area contributed by atoms with Crippen molar-refractivity contribution in [3.63, 3.8) is 0 Å². The number of thiazole rings is 1. The maximum Gasteiger partial charge on any atom is 0.228 e. The summed E-state index contributed by atoms with van der Waals surface area (Å²) >= 11 is 1.28. The van der Waals surface area contributed by atoms with Gasteiger partial charge in [-0.15, -0.1) is 0 Å². The average molecular weight is 359 g/mol. The summed E-state index contributed by atoms with van der Waals surface area (Å²) in [6, 6.07) is 8.37. The Balaban J connectivity index is 1.53. The number of amides is 1. The third-order valence-corrected chi connectivity index (χ3v) is 5.60. The number of ether oxygens (including phenoxy) is 1. The molecule has 0 bridgehead atoms. The van der Waals surface area contributed by atoms with Gasteiger partial charge < -0.3 is 14.6 Å². The lowest BCUT2D eigenvalue weighted by Gasteiger charge is -2.38. The van der Waals surface area contributed by atoms with E-state index in [9.17, 15) is 9.18 Å². The minimum atomic E-state index is -0.303. The number of carbonyl (C=O) groups is 1. The molecule has 1 N–H and O–H groups in total. The fourth-order valence-electron chi connectivity index (χ4n) is 3.34. The summed E-state index contributed by atoms with van der Waals surface area (Å²) in [5.41, 5.74) is 0.419. The lowest BCUT2D eigenvalue weighted by Crippen LogP contribution is -2.42. The summed E-state index contributed by atoms with van der Waals surface area (Å²) in [5.74, 6) is -0.391. The molecular weight excluding hydrogens is 341 g/mol. The van der Waals surface area contributed by atoms with E-state index >= 15 is 0 Å². The van der Waals surface area contributed by atoms with E-state index in [4.69, 9.17) is 4.74 Å². The molecule has 1 fully saturated rings. The van der Waals surface area contributed by atoms with Crippen LogP contribution in [0.15, 0.2) is 42.7 Å². The van der Waals surface area contributed by atoms with Gasteiger partial charge in [0.2, 0.25) is 5.91 Å². The van der Waals surface area contributed by atoms with Crippen molar-refractivity contribution in [3.05, 3.63) is 48.5 Å². The number of benzene rings is 1. The smallest absolute Gasteiger partial charge is 0.228 e. The van der Waals surface area contributed by atoms with Gasteiger partial charge in [-0.25, -0.2) is 9.37 Å². The van der Waals surface area contributed by atoms with Crippen LogP contribution in [0.2, 0.25) is 0 Å². The van der Waals surface area contributed by atoms with Gasteiger partial charge in [0.05, 0.1) is 22.2 Å². The Morgan fingerprint density at radius 2 is 2.08 bits per heavy atom. The molecule has 25 heavy (non-hydrogen) atoms. The molecule has 1 aliphatic rings. The van der Waals surface area contributed by atoms with E-state index in [0.717, 1.165) is 17.5 Å². The van der Waals surface area contributed by atoms with Gasteiger partial charge in [-0.3, -0.25) is 4.79 Å². The van der Waals surface area contributed by atoms with Gasteiger partial charge in [0, 0.05) is 25.6 Å². The van der Waals surface area contributed by atoms with E-state index in [1.807, 2.05) is 24.5 Å². The molecule has 0 unspecified atom stereocenters. The lowest BCUT2D eigenvalue weighted by atomic mass is 9.86. The molecule has 7 heteroatoms. The number of hydrogen-bond acceptors (Lipinski definition) is 4. The van der Waals surface area contributed by atoms with Crippen molar-refractivity contribution in [1.29, 1.82) is 0 Å². The van der Waals surface area contributed by atoms with Crippen LogP contribution in [0.1, 0.15) is 19.3 Å². The van der Waals surface area contributed by atoms with Crippen LogP contribution in [-0.4, -0.2) is 28.7 Å². The highest BCUT2D eigenvalue weighted by molar-refractivity contribution is 7.22. The quantitative estimate of drug-likeness (QED) is 0.771. The third kappa shape index (κ3) is 3.29. The van der Waals surface area contributed by atoms with Crippen LogP contribution < -0.4 is 5.32 Å². The van der Waals surface area contributed by atoms with Crippen molar-refractivity contribution >= 4 is 32.6 Å². The van der Waals surface area contributed by atoms with Gasteiger partial charge in [-0.2, -0.15) is 0 Å². The zero-order valence-corrected chi connectivity index (χ0v) is 14.4. The number of aromatic nitrogens is 2. The van der Waals surface area contributed by atoms with Crippen molar-refractivity contribution in [2.45, 2.75) is 24.8 Å². The molecule has 1 amide bonds. The zero-order chi connectivity index (χ0) is 17.3. The monoisotopic (exact) mass is 359 g/mol. The van der Waals surface area contributed by atoms with E-state index in [0.29, 0.717) is 30.3 Å². The Hall–Kier alpha value is -2.25. The van der Waals surface area contributed by atoms with E-state index in [1.165, 1.54) is 23.5 Å². The van der Waals surface area contributed by atoms with Crippen LogP contribution in [0.5, 0.6) is 0 Å². The molecular formula is C18H18FN3O2S. The molecule has 130 valence electrons. The van der Waals surface area contributed by atoms with Crippen molar-refractivity contribution in [3.8, 4) is 0 Å². The largest absolute Gasteiger partial charge is 0.381 e. The number of fused-ring (bicyclic) bond motifs is 1. The Bertz CT molecular complexity index is 885. The van der Waals surface area contributed by atoms with Crippen molar-refractivity contribution in [2.24, 2.45) is 0 Å². The van der Waals surface area contributed by atoms with Crippen molar-refractivity contribution in [2.75, 3.05) is 18.5 Å². The van der Waals surface area contributed by atoms with E-state index in [2.05, 4.69) is 14.9 Å². The van der Waals surface area contributed by atoms with E-state index in [-0.39, 0.29) is 17.3 Å². The zero-order valence-electron chi connectivity index (χ0n) is 13.6. The summed E-state index contributed by atoms with van der Waals surface area (Å²) in [5, 5.41) is 3.38. The number of nitrogens with zero attached hydrogens (tertiary/aromatic N) is 2. The number of halogens is 1. The Morgan fingerprint density at radius 3 is 2.84 bits per heavy atom. The van der Waals surface area contributed by atoms with Gasteiger partial charge in [0.1, 0.15) is 5.82 Å². The summed E-state index contributed by atoms with van der Waals surface area (Å²) < 4.78 is 21.6. The summed E-state index contributed by atoms with van der Waals surface area (Å²) in [6.45, 7) is 1.29. The number of rotatable bonds is 4. The first kappa shape index (κ1) is 16.2. The predicted molar refractivity (Wildman–Crippen MR) is 95.3 cm³/mol. The van der Waals surface area contributed by atoms with Crippen LogP contribution in [0.4, 0.5) is 9.52 Å². The van der Waals surface area contributed by atoms with Gasteiger partial charge in [-0.1, -0.05) is 11.3 Å². The molecule has 0 saturated carbocycles. The van der Waals surface area contributed by atoms with Gasteiger partial charge in [-0.05, 0) is 43.2 Å². The predicted octanol–water partition coefficient (Wildman–Crippen LogP) is 3.77. The molecule has 0 atom stereocenters. The van der Waals surface area contributed by atoms with Crippen molar-refractivity contribution in [1.82, 2.24) is 9.55 Å². The maximum absolute atomic E-state index is 13.3. The number of nitrogens with one attached hydrogen (secondary N) is 1. The first-order valence-electron chi connectivity index (χ1n) is 8.22. The van der Waals surface area contributed by atoms with Crippen LogP contribution >= 0.6 is 11.3 Å². The Morgan fingerprint density at radius 1 is 1.32 bits per heavy atom. The molecule has 1 aromatic carbocycles. The number of carbonyl (C=O) groups excluding carboxylic acids is 1. The second-order valence-electron chi connectivity index (χ2n) is 6.28. The normalized spacial score (nSPS) is 16.8. The average Bonchev–Trinajstić information content (AvgIpc) is 3.24. The fourth-order valence-corrected chi connectivity index (χ4v) is 4.25. The topological polar surface area (TPSA) is 56.1 Å².